The van der Waals surface area contributed by atoms with Crippen molar-refractivity contribution in [2.24, 2.45) is 0 Å². The summed E-state index contributed by atoms with van der Waals surface area (Å²) in [5, 5.41) is 18.4. The number of hydrogen-bond acceptors (Lipinski definition) is 4. The van der Waals surface area contributed by atoms with Crippen LogP contribution in [0.15, 0.2) is 48.8 Å². The van der Waals surface area contributed by atoms with Gasteiger partial charge in [-0.1, -0.05) is 28.4 Å². The molecule has 27 heavy (non-hydrogen) atoms. The van der Waals surface area contributed by atoms with E-state index in [2.05, 4.69) is 43.6 Å². The highest BCUT2D eigenvalue weighted by atomic mass is 35.5. The normalized spacial score (nSPS) is 14.0. The zero-order chi connectivity index (χ0) is 18.4. The topological polar surface area (TPSA) is 60.6 Å². The van der Waals surface area contributed by atoms with Crippen molar-refractivity contribution in [2.45, 2.75) is 25.4 Å². The summed E-state index contributed by atoms with van der Waals surface area (Å²) in [5.74, 6) is 0. The second kappa shape index (κ2) is 6.55. The number of nitrogens with zero attached hydrogens (tertiary/aromatic N) is 5. The maximum Gasteiger partial charge on any atom is 0.102 e. The van der Waals surface area contributed by atoms with Crippen LogP contribution in [0.4, 0.5) is 5.69 Å². The molecule has 1 fully saturated rings. The highest BCUT2D eigenvalue weighted by Crippen LogP contribution is 2.37. The predicted octanol–water partition coefficient (Wildman–Crippen LogP) is 4.87. The molecule has 5 rings (SSSR count). The molecule has 2 aromatic carbocycles. The van der Waals surface area contributed by atoms with Gasteiger partial charge in [-0.2, -0.15) is 5.10 Å². The fraction of sp³-hybridized carbons (Fsp3) is 0.211. The highest BCUT2D eigenvalue weighted by Gasteiger charge is 2.25. The predicted molar refractivity (Wildman–Crippen MR) is 107 cm³/mol. The number of hydrogen-bond donors (Lipinski definition) is 1. The summed E-state index contributed by atoms with van der Waals surface area (Å²) in [6.45, 7) is 0.573. The lowest BCUT2D eigenvalue weighted by atomic mass is 10.2. The largest absolute Gasteiger partial charge is 0.379 e. The van der Waals surface area contributed by atoms with Crippen LogP contribution in [-0.4, -0.2) is 24.8 Å². The first-order valence-electron chi connectivity index (χ1n) is 8.75. The Morgan fingerprint density at radius 3 is 2.78 bits per heavy atom. The fourth-order valence-electron chi connectivity index (χ4n) is 3.10. The summed E-state index contributed by atoms with van der Waals surface area (Å²) >= 11 is 12.0. The summed E-state index contributed by atoms with van der Waals surface area (Å²) < 4.78 is 3.81. The van der Waals surface area contributed by atoms with Gasteiger partial charge in [-0.05, 0) is 49.2 Å². The maximum absolute atomic E-state index is 6.07. The van der Waals surface area contributed by atoms with Crippen molar-refractivity contribution < 1.29 is 0 Å². The molecule has 1 saturated carbocycles. The molecule has 0 saturated heterocycles. The van der Waals surface area contributed by atoms with E-state index in [0.29, 0.717) is 22.6 Å². The second-order valence-corrected chi connectivity index (χ2v) is 7.51. The third-order valence-electron chi connectivity index (χ3n) is 4.67. The van der Waals surface area contributed by atoms with E-state index < -0.39 is 0 Å². The van der Waals surface area contributed by atoms with Crippen molar-refractivity contribution in [3.05, 3.63) is 64.5 Å². The minimum Gasteiger partial charge on any atom is -0.379 e. The van der Waals surface area contributed by atoms with Crippen LogP contribution in [0.2, 0.25) is 10.0 Å². The van der Waals surface area contributed by atoms with Gasteiger partial charge in [-0.25, -0.2) is 4.68 Å². The second-order valence-electron chi connectivity index (χ2n) is 6.70. The SMILES string of the molecule is Clc1ccc(-n2cc(CNc3ccc4c(cnn4C4CC4)c3)nn2)cc1Cl. The summed E-state index contributed by atoms with van der Waals surface area (Å²) in [6, 6.07) is 12.3. The Hall–Kier alpha value is -2.57. The van der Waals surface area contributed by atoms with E-state index in [1.807, 2.05) is 18.5 Å². The Labute approximate surface area is 165 Å². The minimum atomic E-state index is 0.490. The molecular weight excluding hydrogens is 383 g/mol. The van der Waals surface area contributed by atoms with Crippen LogP contribution in [-0.2, 0) is 6.54 Å². The molecule has 4 aromatic rings. The molecule has 0 spiro atoms. The zero-order valence-corrected chi connectivity index (χ0v) is 15.8. The van der Waals surface area contributed by atoms with Gasteiger partial charge in [0.25, 0.3) is 0 Å². The Morgan fingerprint density at radius 2 is 1.96 bits per heavy atom. The Bertz CT molecular complexity index is 1130. The van der Waals surface area contributed by atoms with Crippen LogP contribution in [0.1, 0.15) is 24.6 Å². The van der Waals surface area contributed by atoms with Gasteiger partial charge in [0.05, 0.1) is 46.2 Å². The lowest BCUT2D eigenvalue weighted by Gasteiger charge is -2.05. The van der Waals surface area contributed by atoms with Gasteiger partial charge in [0.2, 0.25) is 0 Å². The average Bonchev–Trinajstić information content (AvgIpc) is 3.26. The van der Waals surface area contributed by atoms with Crippen LogP contribution < -0.4 is 5.32 Å². The molecular formula is C19H16Cl2N6. The quantitative estimate of drug-likeness (QED) is 0.520. The van der Waals surface area contributed by atoms with Gasteiger partial charge in [-0.15, -0.1) is 5.10 Å². The van der Waals surface area contributed by atoms with Crippen molar-refractivity contribution in [1.82, 2.24) is 24.8 Å². The lowest BCUT2D eigenvalue weighted by Crippen LogP contribution is -2.00. The van der Waals surface area contributed by atoms with E-state index in [0.717, 1.165) is 22.5 Å². The number of anilines is 1. The van der Waals surface area contributed by atoms with Crippen LogP contribution in [0.5, 0.6) is 0 Å². The Balaban J connectivity index is 1.30. The van der Waals surface area contributed by atoms with Crippen molar-refractivity contribution in [3.63, 3.8) is 0 Å². The molecule has 0 unspecified atom stereocenters. The van der Waals surface area contributed by atoms with Gasteiger partial charge < -0.3 is 5.32 Å². The number of benzene rings is 2. The summed E-state index contributed by atoms with van der Waals surface area (Å²) in [5.41, 5.74) is 3.86. The third-order valence-corrected chi connectivity index (χ3v) is 5.41. The molecule has 0 aliphatic heterocycles. The van der Waals surface area contributed by atoms with Crippen molar-refractivity contribution in [1.29, 1.82) is 0 Å². The van der Waals surface area contributed by atoms with Crippen LogP contribution in [0, 0.1) is 0 Å². The molecule has 6 nitrogen and oxygen atoms in total. The fourth-order valence-corrected chi connectivity index (χ4v) is 3.39. The molecule has 0 bridgehead atoms. The van der Waals surface area contributed by atoms with Gasteiger partial charge in [0.1, 0.15) is 5.69 Å². The molecule has 1 N–H and O–H groups in total. The lowest BCUT2D eigenvalue weighted by molar-refractivity contribution is 0.665. The van der Waals surface area contributed by atoms with Crippen LogP contribution in [0.3, 0.4) is 0 Å². The van der Waals surface area contributed by atoms with Gasteiger partial charge in [-0.3, -0.25) is 4.68 Å². The number of rotatable bonds is 5. The molecule has 8 heteroatoms. The number of nitrogens with one attached hydrogen (secondary N) is 1. The number of aromatic nitrogens is 5. The van der Waals surface area contributed by atoms with Gasteiger partial charge in [0, 0.05) is 11.1 Å². The average molecular weight is 399 g/mol. The molecule has 1 aliphatic carbocycles. The summed E-state index contributed by atoms with van der Waals surface area (Å²) in [4.78, 5) is 0. The van der Waals surface area contributed by atoms with Crippen molar-refractivity contribution in [2.75, 3.05) is 5.32 Å². The smallest absolute Gasteiger partial charge is 0.102 e. The van der Waals surface area contributed by atoms with Crippen molar-refractivity contribution >= 4 is 39.8 Å². The third kappa shape index (κ3) is 3.26. The first kappa shape index (κ1) is 16.6. The molecule has 2 aromatic heterocycles. The summed E-state index contributed by atoms with van der Waals surface area (Å²) in [7, 11) is 0. The van der Waals surface area contributed by atoms with E-state index in [4.69, 9.17) is 23.2 Å². The van der Waals surface area contributed by atoms with E-state index in [1.54, 1.807) is 16.8 Å². The molecule has 0 atom stereocenters. The maximum atomic E-state index is 6.07. The molecule has 1 aliphatic rings. The monoisotopic (exact) mass is 398 g/mol. The van der Waals surface area contributed by atoms with E-state index in [-0.39, 0.29) is 0 Å². The first-order chi connectivity index (χ1) is 13.2. The minimum absolute atomic E-state index is 0.490. The molecule has 0 amide bonds. The number of fused-ring (bicyclic) bond motifs is 1. The molecule has 2 heterocycles. The highest BCUT2D eigenvalue weighted by molar-refractivity contribution is 6.42. The van der Waals surface area contributed by atoms with Crippen molar-refractivity contribution in [3.8, 4) is 5.69 Å². The molecule has 0 radical (unpaired) electrons. The van der Waals surface area contributed by atoms with Gasteiger partial charge >= 0.3 is 0 Å². The van der Waals surface area contributed by atoms with Crippen LogP contribution in [0.25, 0.3) is 16.6 Å². The van der Waals surface area contributed by atoms with E-state index in [1.165, 1.54) is 18.4 Å². The number of halogens is 2. The van der Waals surface area contributed by atoms with Crippen LogP contribution >= 0.6 is 23.2 Å². The van der Waals surface area contributed by atoms with Gasteiger partial charge in [0.15, 0.2) is 0 Å². The Kier molecular flexibility index (Phi) is 4.02. The zero-order valence-electron chi connectivity index (χ0n) is 14.3. The van der Waals surface area contributed by atoms with E-state index in [9.17, 15) is 0 Å². The first-order valence-corrected chi connectivity index (χ1v) is 9.51. The Morgan fingerprint density at radius 1 is 1.07 bits per heavy atom. The standard InChI is InChI=1S/C19H16Cl2N6/c20-17-5-4-16(8-18(17)21)26-11-14(24-25-26)10-22-13-1-6-19-12(7-13)9-23-27(19)15-2-3-15/h1,4-9,11,15,22H,2-3,10H2. The summed E-state index contributed by atoms with van der Waals surface area (Å²) in [6.07, 6.45) is 6.26. The molecule has 136 valence electrons. The van der Waals surface area contributed by atoms with E-state index >= 15 is 0 Å².